The highest BCUT2D eigenvalue weighted by atomic mass is 32.2. The molecule has 0 spiro atoms. The Morgan fingerprint density at radius 2 is 2.00 bits per heavy atom. The van der Waals surface area contributed by atoms with Crippen molar-refractivity contribution >= 4 is 15.7 Å². The third-order valence-corrected chi connectivity index (χ3v) is 1.60. The van der Waals surface area contributed by atoms with Gasteiger partial charge in [0.2, 0.25) is 5.91 Å². The Labute approximate surface area is 65.3 Å². The van der Waals surface area contributed by atoms with Crippen LogP contribution in [0.2, 0.25) is 0 Å². The smallest absolute Gasteiger partial charge is 0.235 e. The highest BCUT2D eigenvalue weighted by Crippen LogP contribution is 1.80. The highest BCUT2D eigenvalue weighted by Gasteiger charge is 2.09. The van der Waals surface area contributed by atoms with Gasteiger partial charge in [0.25, 0.3) is 0 Å². The van der Waals surface area contributed by atoms with Crippen molar-refractivity contribution in [2.45, 2.75) is 0 Å². The summed E-state index contributed by atoms with van der Waals surface area (Å²) in [6, 6.07) is 0. The van der Waals surface area contributed by atoms with E-state index in [0.29, 0.717) is 0 Å². The summed E-state index contributed by atoms with van der Waals surface area (Å²) >= 11 is 0. The second-order valence-corrected chi connectivity index (χ2v) is 4.26. The minimum Gasteiger partial charge on any atom is -0.353 e. The molecule has 0 rings (SSSR count). The fraction of sp³-hybridized carbons (Fsp3) is 0.800. The maximum atomic E-state index is 10.6. The van der Waals surface area contributed by atoms with E-state index in [0.717, 1.165) is 6.26 Å². The molecule has 1 amide bonds. The summed E-state index contributed by atoms with van der Waals surface area (Å²) in [6.45, 7) is -0.455. The molecular weight excluding hydrogens is 170 g/mol. The summed E-state index contributed by atoms with van der Waals surface area (Å²) < 4.78 is 20.9. The van der Waals surface area contributed by atoms with Crippen molar-refractivity contribution in [2.75, 3.05) is 25.2 Å². The van der Waals surface area contributed by atoms with E-state index in [1.54, 1.807) is 0 Å². The Morgan fingerprint density at radius 1 is 1.45 bits per heavy atom. The monoisotopic (exact) mass is 180 g/mol. The van der Waals surface area contributed by atoms with Crippen LogP contribution in [0.3, 0.4) is 0 Å². The standard InChI is InChI=1S/C5H10NO4S/c1-11(9,10)4-5(8)6-2-3-7/h2-4H2,1H3,(H,6,8). The first-order chi connectivity index (χ1) is 4.95. The van der Waals surface area contributed by atoms with Crippen LogP contribution in [0.5, 0.6) is 0 Å². The predicted molar refractivity (Wildman–Crippen MR) is 38.3 cm³/mol. The van der Waals surface area contributed by atoms with Gasteiger partial charge in [-0.25, -0.2) is 13.5 Å². The Bertz CT molecular complexity index is 221. The molecule has 1 N–H and O–H groups in total. The van der Waals surface area contributed by atoms with Crippen LogP contribution in [0.15, 0.2) is 0 Å². The van der Waals surface area contributed by atoms with Crippen LogP contribution in [-0.2, 0) is 19.7 Å². The van der Waals surface area contributed by atoms with Gasteiger partial charge >= 0.3 is 0 Å². The van der Waals surface area contributed by atoms with Crippen LogP contribution in [0.1, 0.15) is 0 Å². The lowest BCUT2D eigenvalue weighted by Gasteiger charge is -1.99. The number of hydrogen-bond acceptors (Lipinski definition) is 3. The molecule has 65 valence electrons. The summed E-state index contributed by atoms with van der Waals surface area (Å²) in [5.74, 6) is -1.17. The molecule has 0 bridgehead atoms. The van der Waals surface area contributed by atoms with Gasteiger partial charge in [0.15, 0.2) is 9.84 Å². The van der Waals surface area contributed by atoms with E-state index < -0.39 is 28.1 Å². The Morgan fingerprint density at radius 3 is 2.36 bits per heavy atom. The van der Waals surface area contributed by atoms with E-state index in [1.165, 1.54) is 0 Å². The zero-order chi connectivity index (χ0) is 8.91. The first-order valence-electron chi connectivity index (χ1n) is 2.98. The average molecular weight is 180 g/mol. The number of sulfone groups is 1. The van der Waals surface area contributed by atoms with Gasteiger partial charge in [-0.3, -0.25) is 4.79 Å². The van der Waals surface area contributed by atoms with Crippen LogP contribution >= 0.6 is 0 Å². The molecule has 0 aromatic carbocycles. The van der Waals surface area contributed by atoms with Crippen LogP contribution < -0.4 is 5.32 Å². The van der Waals surface area contributed by atoms with Gasteiger partial charge in [-0.2, -0.15) is 0 Å². The summed E-state index contributed by atoms with van der Waals surface area (Å²) in [5.41, 5.74) is 0. The van der Waals surface area contributed by atoms with Gasteiger partial charge in [-0.15, -0.1) is 0 Å². The molecular formula is C5H10NO4S. The average Bonchev–Trinajstić information content (AvgIpc) is 1.79. The van der Waals surface area contributed by atoms with E-state index in [1.807, 2.05) is 0 Å². The molecule has 0 aliphatic carbocycles. The van der Waals surface area contributed by atoms with E-state index >= 15 is 0 Å². The molecule has 0 saturated carbocycles. The summed E-state index contributed by atoms with van der Waals surface area (Å²) in [5, 5.41) is 12.0. The zero-order valence-corrected chi connectivity index (χ0v) is 6.98. The molecule has 1 radical (unpaired) electrons. The summed E-state index contributed by atoms with van der Waals surface area (Å²) in [4.78, 5) is 10.6. The molecule has 11 heavy (non-hydrogen) atoms. The minimum atomic E-state index is -3.27. The zero-order valence-electron chi connectivity index (χ0n) is 6.16. The Hall–Kier alpha value is -0.620. The van der Waals surface area contributed by atoms with Gasteiger partial charge in [-0.05, 0) is 0 Å². The molecule has 0 fully saturated rings. The Kier molecular flexibility index (Phi) is 4.06. The second kappa shape index (κ2) is 4.30. The lowest BCUT2D eigenvalue weighted by molar-refractivity contribution is -0.118. The fourth-order valence-corrected chi connectivity index (χ4v) is 1.06. The molecule has 0 heterocycles. The first kappa shape index (κ1) is 10.4. The van der Waals surface area contributed by atoms with Gasteiger partial charge in [0, 0.05) is 12.8 Å². The second-order valence-electron chi connectivity index (χ2n) is 2.12. The molecule has 0 aliphatic rings. The largest absolute Gasteiger partial charge is 0.353 e. The van der Waals surface area contributed by atoms with Crippen molar-refractivity contribution in [2.24, 2.45) is 0 Å². The molecule has 6 heteroatoms. The van der Waals surface area contributed by atoms with Crippen LogP contribution in [0, 0.1) is 0 Å². The van der Waals surface area contributed by atoms with Crippen LogP contribution in [-0.4, -0.2) is 39.5 Å². The number of carbonyl (C=O) groups excluding carboxylic acids is 1. The lowest BCUT2D eigenvalue weighted by Crippen LogP contribution is -2.31. The third-order valence-electron chi connectivity index (χ3n) is 0.818. The summed E-state index contributed by atoms with van der Waals surface area (Å²) in [6.07, 6.45) is 0.962. The number of hydrogen-bond donors (Lipinski definition) is 1. The van der Waals surface area contributed by atoms with Crippen molar-refractivity contribution in [3.05, 3.63) is 0 Å². The fourth-order valence-electron chi connectivity index (χ4n) is 0.480. The van der Waals surface area contributed by atoms with Gasteiger partial charge in [0.1, 0.15) is 5.75 Å². The SMILES string of the molecule is CS(=O)(=O)CC(=O)NCC[O]. The van der Waals surface area contributed by atoms with Gasteiger partial charge in [0.05, 0.1) is 6.61 Å². The normalized spacial score (nSPS) is 11.1. The molecule has 0 aromatic rings. The number of nitrogens with one attached hydrogen (secondary N) is 1. The van der Waals surface area contributed by atoms with Crippen molar-refractivity contribution in [1.29, 1.82) is 0 Å². The maximum absolute atomic E-state index is 10.6. The molecule has 0 saturated heterocycles. The molecule has 0 unspecified atom stereocenters. The number of amides is 1. The topological polar surface area (TPSA) is 83.1 Å². The lowest BCUT2D eigenvalue weighted by atomic mass is 10.6. The predicted octanol–water partition coefficient (Wildman–Crippen LogP) is -1.42. The summed E-state index contributed by atoms with van der Waals surface area (Å²) in [7, 11) is -3.27. The molecule has 0 aromatic heterocycles. The maximum Gasteiger partial charge on any atom is 0.235 e. The van der Waals surface area contributed by atoms with E-state index in [2.05, 4.69) is 5.32 Å². The molecule has 0 atom stereocenters. The van der Waals surface area contributed by atoms with Crippen molar-refractivity contribution in [3.63, 3.8) is 0 Å². The quantitative estimate of drug-likeness (QED) is 0.576. The van der Waals surface area contributed by atoms with Crippen molar-refractivity contribution < 1.29 is 18.3 Å². The third kappa shape index (κ3) is 7.27. The minimum absolute atomic E-state index is 0.0195. The highest BCUT2D eigenvalue weighted by molar-refractivity contribution is 7.91. The van der Waals surface area contributed by atoms with Crippen molar-refractivity contribution in [3.8, 4) is 0 Å². The van der Waals surface area contributed by atoms with Crippen molar-refractivity contribution in [1.82, 2.24) is 5.32 Å². The number of rotatable bonds is 4. The van der Waals surface area contributed by atoms with Gasteiger partial charge < -0.3 is 5.32 Å². The Balaban J connectivity index is 3.71. The van der Waals surface area contributed by atoms with Crippen LogP contribution in [0.25, 0.3) is 0 Å². The first-order valence-corrected chi connectivity index (χ1v) is 5.04. The number of carbonyl (C=O) groups is 1. The van der Waals surface area contributed by atoms with Gasteiger partial charge in [-0.1, -0.05) is 0 Å². The molecule has 5 nitrogen and oxygen atoms in total. The van der Waals surface area contributed by atoms with E-state index in [4.69, 9.17) is 0 Å². The van der Waals surface area contributed by atoms with E-state index in [9.17, 15) is 18.3 Å². The van der Waals surface area contributed by atoms with E-state index in [-0.39, 0.29) is 6.54 Å². The molecule has 0 aliphatic heterocycles. The van der Waals surface area contributed by atoms with Crippen LogP contribution in [0.4, 0.5) is 0 Å².